The van der Waals surface area contributed by atoms with Crippen molar-refractivity contribution in [3.8, 4) is 0 Å². The van der Waals surface area contributed by atoms with Crippen LogP contribution in [0.15, 0.2) is 96.1 Å². The number of piperidine rings is 1. The first-order valence-corrected chi connectivity index (χ1v) is 10.6. The zero-order chi connectivity index (χ0) is 20.6. The van der Waals surface area contributed by atoms with Crippen molar-refractivity contribution >= 4 is 11.6 Å². The molecule has 0 aliphatic carbocycles. The average Bonchev–Trinajstić information content (AvgIpc) is 2.81. The summed E-state index contributed by atoms with van der Waals surface area (Å²) in [4.78, 5) is 14.6. The topological polar surface area (TPSA) is 45.9 Å². The van der Waals surface area contributed by atoms with E-state index >= 15 is 0 Å². The van der Waals surface area contributed by atoms with Gasteiger partial charge < -0.3 is 4.90 Å². The van der Waals surface area contributed by atoms with Crippen molar-refractivity contribution in [2.24, 2.45) is 5.10 Å². The average molecular weight is 399 g/mol. The van der Waals surface area contributed by atoms with E-state index in [0.717, 1.165) is 49.3 Å². The molecule has 1 saturated heterocycles. The summed E-state index contributed by atoms with van der Waals surface area (Å²) >= 11 is 0. The molecular weight excluding hydrogens is 370 g/mol. The number of nitrogens with zero attached hydrogens (tertiary/aromatic N) is 1. The van der Waals surface area contributed by atoms with Crippen LogP contribution in [0.4, 0.5) is 0 Å². The minimum Gasteiger partial charge on any atom is -0.331 e. The zero-order valence-corrected chi connectivity index (χ0v) is 17.1. The lowest BCUT2D eigenvalue weighted by Crippen LogP contribution is -3.11. The molecule has 0 aromatic heterocycles. The van der Waals surface area contributed by atoms with Crippen molar-refractivity contribution in [1.29, 1.82) is 0 Å². The Morgan fingerprint density at radius 2 is 1.30 bits per heavy atom. The number of likely N-dealkylation sites (tertiary alicyclic amines) is 1. The summed E-state index contributed by atoms with van der Waals surface area (Å²) in [5.74, 6) is -0.445. The maximum atomic E-state index is 13.1. The molecule has 0 atom stereocenters. The van der Waals surface area contributed by atoms with E-state index in [1.807, 2.05) is 60.7 Å². The largest absolute Gasteiger partial charge is 0.331 e. The summed E-state index contributed by atoms with van der Waals surface area (Å²) in [5, 5.41) is 4.50. The van der Waals surface area contributed by atoms with Crippen LogP contribution in [-0.2, 0) is 11.3 Å². The van der Waals surface area contributed by atoms with E-state index < -0.39 is 0 Å². The SMILES string of the molecule is O=C(NN=C1CC[NH+](Cc2ccccc2)CC1)C(c1ccccc1)c1ccccc1. The highest BCUT2D eigenvalue weighted by Crippen LogP contribution is 2.24. The summed E-state index contributed by atoms with van der Waals surface area (Å²) < 4.78 is 0. The summed E-state index contributed by atoms with van der Waals surface area (Å²) in [7, 11) is 0. The van der Waals surface area contributed by atoms with Crippen LogP contribution in [0.1, 0.15) is 35.4 Å². The number of amides is 1. The van der Waals surface area contributed by atoms with Gasteiger partial charge in [0, 0.05) is 24.1 Å². The summed E-state index contributed by atoms with van der Waals surface area (Å²) in [6, 6.07) is 30.4. The highest BCUT2D eigenvalue weighted by Gasteiger charge is 2.23. The van der Waals surface area contributed by atoms with Crippen LogP contribution in [0.3, 0.4) is 0 Å². The summed E-state index contributed by atoms with van der Waals surface area (Å²) in [6.45, 7) is 3.14. The third-order valence-electron chi connectivity index (χ3n) is 5.68. The number of benzene rings is 3. The highest BCUT2D eigenvalue weighted by molar-refractivity contribution is 5.90. The molecule has 1 aliphatic rings. The molecule has 3 aromatic carbocycles. The Kier molecular flexibility index (Phi) is 6.68. The number of nitrogens with one attached hydrogen (secondary N) is 2. The predicted molar refractivity (Wildman–Crippen MR) is 120 cm³/mol. The van der Waals surface area contributed by atoms with Crippen LogP contribution in [0.25, 0.3) is 0 Å². The van der Waals surface area contributed by atoms with E-state index in [1.54, 1.807) is 4.90 Å². The predicted octanol–water partition coefficient (Wildman–Crippen LogP) is 3.17. The normalized spacial score (nSPS) is 16.3. The van der Waals surface area contributed by atoms with Crippen molar-refractivity contribution in [3.05, 3.63) is 108 Å². The fourth-order valence-electron chi connectivity index (χ4n) is 4.05. The van der Waals surface area contributed by atoms with Crippen LogP contribution in [-0.4, -0.2) is 24.7 Å². The zero-order valence-electron chi connectivity index (χ0n) is 17.1. The van der Waals surface area contributed by atoms with Crippen molar-refractivity contribution in [1.82, 2.24) is 5.43 Å². The second-order valence-corrected chi connectivity index (χ2v) is 7.82. The lowest BCUT2D eigenvalue weighted by molar-refractivity contribution is -0.914. The van der Waals surface area contributed by atoms with E-state index in [9.17, 15) is 4.79 Å². The second kappa shape index (κ2) is 9.99. The van der Waals surface area contributed by atoms with Gasteiger partial charge >= 0.3 is 0 Å². The molecule has 152 valence electrons. The van der Waals surface area contributed by atoms with E-state index in [0.29, 0.717) is 0 Å². The molecule has 4 heteroatoms. The molecular formula is C26H28N3O+. The number of quaternary nitrogens is 1. The van der Waals surface area contributed by atoms with E-state index in [2.05, 4.69) is 40.9 Å². The Morgan fingerprint density at radius 3 is 1.83 bits per heavy atom. The smallest absolute Gasteiger partial charge is 0.252 e. The number of rotatable bonds is 6. The molecule has 3 aromatic rings. The fraction of sp³-hybridized carbons (Fsp3) is 0.231. The van der Waals surface area contributed by atoms with Crippen LogP contribution >= 0.6 is 0 Å². The van der Waals surface area contributed by atoms with E-state index in [-0.39, 0.29) is 11.8 Å². The first-order chi connectivity index (χ1) is 14.8. The second-order valence-electron chi connectivity index (χ2n) is 7.82. The quantitative estimate of drug-likeness (QED) is 0.616. The van der Waals surface area contributed by atoms with Crippen molar-refractivity contribution in [2.75, 3.05) is 13.1 Å². The van der Waals surface area contributed by atoms with Crippen LogP contribution < -0.4 is 10.3 Å². The number of hydrogen-bond donors (Lipinski definition) is 2. The van der Waals surface area contributed by atoms with Crippen molar-refractivity contribution < 1.29 is 9.69 Å². The molecule has 1 aliphatic heterocycles. The van der Waals surface area contributed by atoms with Crippen molar-refractivity contribution in [3.63, 3.8) is 0 Å². The molecule has 0 saturated carbocycles. The minimum absolute atomic E-state index is 0.0843. The molecule has 0 unspecified atom stereocenters. The molecule has 1 fully saturated rings. The highest BCUT2D eigenvalue weighted by atomic mass is 16.2. The van der Waals surface area contributed by atoms with Crippen LogP contribution in [0.5, 0.6) is 0 Å². The molecule has 0 radical (unpaired) electrons. The van der Waals surface area contributed by atoms with Crippen molar-refractivity contribution in [2.45, 2.75) is 25.3 Å². The summed E-state index contributed by atoms with van der Waals surface area (Å²) in [5.41, 5.74) is 7.26. The van der Waals surface area contributed by atoms with Gasteiger partial charge in [-0.25, -0.2) is 5.43 Å². The van der Waals surface area contributed by atoms with Gasteiger partial charge in [0.25, 0.3) is 5.91 Å². The van der Waals surface area contributed by atoms with Gasteiger partial charge in [-0.1, -0.05) is 91.0 Å². The third-order valence-corrected chi connectivity index (χ3v) is 5.68. The molecule has 2 N–H and O–H groups in total. The maximum Gasteiger partial charge on any atom is 0.252 e. The number of hydrogen-bond acceptors (Lipinski definition) is 2. The molecule has 1 amide bonds. The van der Waals surface area contributed by atoms with Gasteiger partial charge in [0.15, 0.2) is 0 Å². The van der Waals surface area contributed by atoms with Gasteiger partial charge in [0.1, 0.15) is 6.54 Å². The molecule has 30 heavy (non-hydrogen) atoms. The number of carbonyl (C=O) groups excluding carboxylic acids is 1. The monoisotopic (exact) mass is 398 g/mol. The van der Waals surface area contributed by atoms with Gasteiger partial charge in [0.05, 0.1) is 19.0 Å². The number of carbonyl (C=O) groups is 1. The maximum absolute atomic E-state index is 13.1. The van der Waals surface area contributed by atoms with Gasteiger partial charge in [-0.15, -0.1) is 0 Å². The lowest BCUT2D eigenvalue weighted by atomic mass is 9.91. The Morgan fingerprint density at radius 1 is 0.800 bits per heavy atom. The van der Waals surface area contributed by atoms with Gasteiger partial charge in [-0.05, 0) is 11.1 Å². The standard InChI is InChI=1S/C26H27N3O/c30-26(25(22-12-6-2-7-13-22)23-14-8-3-9-15-23)28-27-24-16-18-29(19-17-24)20-21-10-4-1-5-11-21/h1-15,25H,16-20H2,(H,28,30)/p+1. The molecule has 0 spiro atoms. The molecule has 4 nitrogen and oxygen atoms in total. The third kappa shape index (κ3) is 5.22. The minimum atomic E-state index is -0.361. The molecule has 0 bridgehead atoms. The van der Waals surface area contributed by atoms with E-state index in [4.69, 9.17) is 0 Å². The van der Waals surface area contributed by atoms with Gasteiger partial charge in [0.2, 0.25) is 0 Å². The Hall–Kier alpha value is -3.24. The van der Waals surface area contributed by atoms with Gasteiger partial charge in [-0.2, -0.15) is 5.10 Å². The first-order valence-electron chi connectivity index (χ1n) is 10.6. The van der Waals surface area contributed by atoms with Crippen LogP contribution in [0.2, 0.25) is 0 Å². The Balaban J connectivity index is 1.38. The van der Waals surface area contributed by atoms with E-state index in [1.165, 1.54) is 5.56 Å². The first kappa shape index (κ1) is 20.0. The molecule has 4 rings (SSSR count). The number of hydrazone groups is 1. The lowest BCUT2D eigenvalue weighted by Gasteiger charge is -2.25. The Labute approximate surface area is 178 Å². The molecule has 1 heterocycles. The Bertz CT molecular complexity index is 921. The van der Waals surface area contributed by atoms with Crippen LogP contribution in [0, 0.1) is 0 Å². The van der Waals surface area contributed by atoms with Gasteiger partial charge in [-0.3, -0.25) is 4.79 Å². The fourth-order valence-corrected chi connectivity index (χ4v) is 4.05. The summed E-state index contributed by atoms with van der Waals surface area (Å²) in [6.07, 6.45) is 1.84.